The third kappa shape index (κ3) is 2.50. The predicted octanol–water partition coefficient (Wildman–Crippen LogP) is 4.81. The van der Waals surface area contributed by atoms with Crippen LogP contribution in [-0.4, -0.2) is 14.5 Å². The van der Waals surface area contributed by atoms with E-state index < -0.39 is 0 Å². The molecule has 132 valence electrons. The molecule has 5 heteroatoms. The number of aromatic nitrogens is 2. The molecule has 27 heavy (non-hydrogen) atoms. The van der Waals surface area contributed by atoms with Crippen molar-refractivity contribution in [1.82, 2.24) is 9.38 Å². The summed E-state index contributed by atoms with van der Waals surface area (Å²) >= 11 is 3.53. The van der Waals surface area contributed by atoms with Gasteiger partial charge in [-0.3, -0.25) is 9.78 Å². The summed E-state index contributed by atoms with van der Waals surface area (Å²) in [7, 11) is 0. The number of aryl methyl sites for hydroxylation is 1. The molecule has 5 aromatic rings. The number of hydrogen-bond acceptors (Lipinski definition) is 3. The van der Waals surface area contributed by atoms with Crippen LogP contribution in [0.15, 0.2) is 64.3 Å². The first-order valence-corrected chi connectivity index (χ1v) is 9.42. The average molecular weight is 419 g/mol. The maximum absolute atomic E-state index is 13.2. The molecule has 0 fully saturated rings. The molecule has 4 nitrogen and oxygen atoms in total. The lowest BCUT2D eigenvalue weighted by Gasteiger charge is -2.07. The third-order valence-electron chi connectivity index (χ3n) is 4.99. The zero-order valence-corrected chi connectivity index (χ0v) is 16.1. The van der Waals surface area contributed by atoms with Gasteiger partial charge in [-0.15, -0.1) is 0 Å². The van der Waals surface area contributed by atoms with E-state index in [1.807, 2.05) is 37.4 Å². The second-order valence-electron chi connectivity index (χ2n) is 6.95. The van der Waals surface area contributed by atoms with E-state index in [1.54, 1.807) is 24.5 Å². The van der Waals surface area contributed by atoms with Crippen molar-refractivity contribution in [3.05, 3.63) is 86.4 Å². The molecule has 2 aromatic carbocycles. The lowest BCUT2D eigenvalue weighted by Crippen LogP contribution is -2.12. The SMILES string of the molecule is Cc1cncc(Cc2cn3c4cc(Br)ccc4c4cc(O)cc(c2=O)c43)c1. The van der Waals surface area contributed by atoms with Crippen molar-refractivity contribution in [2.45, 2.75) is 13.3 Å². The molecule has 0 bridgehead atoms. The van der Waals surface area contributed by atoms with Crippen LogP contribution in [0.5, 0.6) is 5.75 Å². The van der Waals surface area contributed by atoms with E-state index >= 15 is 0 Å². The Morgan fingerprint density at radius 3 is 2.70 bits per heavy atom. The Labute approximate surface area is 163 Å². The summed E-state index contributed by atoms with van der Waals surface area (Å²) in [5.41, 5.74) is 4.53. The molecule has 3 aromatic heterocycles. The van der Waals surface area contributed by atoms with E-state index in [-0.39, 0.29) is 11.2 Å². The Hall–Kier alpha value is -2.92. The summed E-state index contributed by atoms with van der Waals surface area (Å²) in [5, 5.41) is 12.6. The molecule has 0 saturated carbocycles. The van der Waals surface area contributed by atoms with Gasteiger partial charge in [-0.2, -0.15) is 0 Å². The van der Waals surface area contributed by atoms with Gasteiger partial charge in [0.2, 0.25) is 0 Å². The first-order valence-electron chi connectivity index (χ1n) is 8.63. The maximum atomic E-state index is 13.2. The Balaban J connectivity index is 1.88. The van der Waals surface area contributed by atoms with Gasteiger partial charge < -0.3 is 9.51 Å². The summed E-state index contributed by atoms with van der Waals surface area (Å²) in [6.45, 7) is 1.99. The minimum atomic E-state index is -0.0493. The molecular formula is C22H15BrN2O2. The lowest BCUT2D eigenvalue weighted by molar-refractivity contribution is 0.477. The summed E-state index contributed by atoms with van der Waals surface area (Å²) in [5.74, 6) is 0.103. The van der Waals surface area contributed by atoms with E-state index in [0.29, 0.717) is 17.4 Å². The van der Waals surface area contributed by atoms with Gasteiger partial charge in [-0.1, -0.05) is 28.1 Å². The minimum Gasteiger partial charge on any atom is -0.508 e. The van der Waals surface area contributed by atoms with Gasteiger partial charge >= 0.3 is 0 Å². The molecule has 0 saturated heterocycles. The highest BCUT2D eigenvalue weighted by molar-refractivity contribution is 9.10. The molecule has 0 radical (unpaired) electrons. The molecule has 0 amide bonds. The van der Waals surface area contributed by atoms with Crippen LogP contribution in [0, 0.1) is 6.92 Å². The average Bonchev–Trinajstić information content (AvgIpc) is 2.92. The van der Waals surface area contributed by atoms with Crippen LogP contribution >= 0.6 is 15.9 Å². The molecule has 0 unspecified atom stereocenters. The monoisotopic (exact) mass is 418 g/mol. The summed E-state index contributed by atoms with van der Waals surface area (Å²) < 4.78 is 3.03. The zero-order valence-electron chi connectivity index (χ0n) is 14.5. The number of phenolic OH excluding ortho intramolecular Hbond substituents is 1. The van der Waals surface area contributed by atoms with Gasteiger partial charge in [-0.25, -0.2) is 0 Å². The Morgan fingerprint density at radius 2 is 1.89 bits per heavy atom. The number of nitrogens with zero attached hydrogens (tertiary/aromatic N) is 2. The van der Waals surface area contributed by atoms with Crippen molar-refractivity contribution in [3.63, 3.8) is 0 Å². The largest absolute Gasteiger partial charge is 0.508 e. The minimum absolute atomic E-state index is 0.0493. The number of rotatable bonds is 2. The summed E-state index contributed by atoms with van der Waals surface area (Å²) in [4.78, 5) is 17.4. The number of fused-ring (bicyclic) bond motifs is 3. The van der Waals surface area contributed by atoms with Crippen LogP contribution in [0.1, 0.15) is 16.7 Å². The first-order chi connectivity index (χ1) is 13.0. The fraction of sp³-hybridized carbons (Fsp3) is 0.0909. The fourth-order valence-electron chi connectivity index (χ4n) is 3.89. The highest BCUT2D eigenvalue weighted by atomic mass is 79.9. The summed E-state index contributed by atoms with van der Waals surface area (Å²) in [6.07, 6.45) is 6.01. The number of pyridine rings is 2. The van der Waals surface area contributed by atoms with Gasteiger partial charge in [0.05, 0.1) is 16.4 Å². The molecule has 0 spiro atoms. The van der Waals surface area contributed by atoms with Crippen LogP contribution in [0.25, 0.3) is 27.2 Å². The maximum Gasteiger partial charge on any atom is 0.193 e. The number of phenols is 1. The molecule has 0 aliphatic heterocycles. The van der Waals surface area contributed by atoms with Gasteiger partial charge in [0.15, 0.2) is 5.43 Å². The van der Waals surface area contributed by atoms with Gasteiger partial charge in [0.25, 0.3) is 0 Å². The molecule has 0 aliphatic carbocycles. The molecule has 5 rings (SSSR count). The van der Waals surface area contributed by atoms with Crippen LogP contribution in [-0.2, 0) is 6.42 Å². The second kappa shape index (κ2) is 5.79. The summed E-state index contributed by atoms with van der Waals surface area (Å²) in [6, 6.07) is 11.3. The van der Waals surface area contributed by atoms with Gasteiger partial charge in [0.1, 0.15) is 5.75 Å². The van der Waals surface area contributed by atoms with E-state index in [1.165, 1.54) is 0 Å². The van der Waals surface area contributed by atoms with Crippen LogP contribution in [0.4, 0.5) is 0 Å². The quantitative estimate of drug-likeness (QED) is 0.447. The molecule has 1 N–H and O–H groups in total. The van der Waals surface area contributed by atoms with Crippen molar-refractivity contribution in [2.75, 3.05) is 0 Å². The first kappa shape index (κ1) is 16.3. The Morgan fingerprint density at radius 1 is 1.07 bits per heavy atom. The van der Waals surface area contributed by atoms with Crippen molar-refractivity contribution < 1.29 is 5.11 Å². The van der Waals surface area contributed by atoms with E-state index in [4.69, 9.17) is 0 Å². The molecule has 0 aliphatic rings. The predicted molar refractivity (Wildman–Crippen MR) is 111 cm³/mol. The van der Waals surface area contributed by atoms with E-state index in [0.717, 1.165) is 37.4 Å². The Bertz CT molecular complexity index is 1410. The van der Waals surface area contributed by atoms with Crippen LogP contribution in [0.2, 0.25) is 0 Å². The lowest BCUT2D eigenvalue weighted by atomic mass is 10.0. The van der Waals surface area contributed by atoms with Crippen molar-refractivity contribution in [3.8, 4) is 5.75 Å². The van der Waals surface area contributed by atoms with Crippen LogP contribution < -0.4 is 5.43 Å². The van der Waals surface area contributed by atoms with Crippen LogP contribution in [0.3, 0.4) is 0 Å². The fourth-order valence-corrected chi connectivity index (χ4v) is 4.24. The Kier molecular flexibility index (Phi) is 3.49. The zero-order chi connectivity index (χ0) is 18.7. The molecule has 0 atom stereocenters. The highest BCUT2D eigenvalue weighted by Gasteiger charge is 2.17. The topological polar surface area (TPSA) is 54.6 Å². The van der Waals surface area contributed by atoms with E-state index in [2.05, 4.69) is 25.3 Å². The normalized spacial score (nSPS) is 11.8. The number of benzene rings is 2. The van der Waals surface area contributed by atoms with Gasteiger partial charge in [0, 0.05) is 45.8 Å². The van der Waals surface area contributed by atoms with Crippen molar-refractivity contribution >= 4 is 43.1 Å². The second-order valence-corrected chi connectivity index (χ2v) is 7.87. The van der Waals surface area contributed by atoms with Crippen molar-refractivity contribution in [2.24, 2.45) is 0 Å². The van der Waals surface area contributed by atoms with E-state index in [9.17, 15) is 9.90 Å². The number of hydrogen-bond donors (Lipinski definition) is 1. The molecule has 3 heterocycles. The molecular weight excluding hydrogens is 404 g/mol. The number of halogens is 1. The van der Waals surface area contributed by atoms with Gasteiger partial charge in [-0.05, 0) is 42.3 Å². The standard InChI is InChI=1S/C22H15BrN2O2/c1-12-4-13(10-24-9-12)5-14-11-25-20-6-15(23)2-3-17(20)18-7-16(26)8-19(21(18)25)22(14)27/h2-4,6-11,26H,5H2,1H3. The highest BCUT2D eigenvalue weighted by Crippen LogP contribution is 2.35. The number of aromatic hydroxyl groups is 1. The third-order valence-corrected chi connectivity index (χ3v) is 5.49. The van der Waals surface area contributed by atoms with Crippen molar-refractivity contribution in [1.29, 1.82) is 0 Å². The smallest absolute Gasteiger partial charge is 0.193 e.